The number of ketones is 1. The minimum absolute atomic E-state index is 0.111. The molecule has 3 aromatic carbocycles. The number of aliphatic carboxylic acids is 1. The van der Waals surface area contributed by atoms with Crippen LogP contribution in [0.4, 0.5) is 13.2 Å². The molecule has 0 aliphatic rings. The van der Waals surface area contributed by atoms with Crippen LogP contribution in [0.2, 0.25) is 0 Å². The topological polar surface area (TPSA) is 83.5 Å². The van der Waals surface area contributed by atoms with Crippen molar-refractivity contribution < 1.29 is 32.7 Å². The van der Waals surface area contributed by atoms with Gasteiger partial charge in [-0.15, -0.1) is 0 Å². The smallest absolute Gasteiger partial charge is 0.416 e. The number of rotatable bonds is 7. The number of halogens is 3. The van der Waals surface area contributed by atoms with Crippen LogP contribution in [0, 0.1) is 0 Å². The van der Waals surface area contributed by atoms with Crippen molar-refractivity contribution in [3.63, 3.8) is 0 Å². The summed E-state index contributed by atoms with van der Waals surface area (Å²) in [6.07, 6.45) is -4.73. The van der Waals surface area contributed by atoms with E-state index in [0.717, 1.165) is 12.1 Å². The minimum Gasteiger partial charge on any atom is -0.480 e. The Labute approximate surface area is 181 Å². The van der Waals surface area contributed by atoms with E-state index in [2.05, 4.69) is 5.32 Å². The van der Waals surface area contributed by atoms with E-state index in [1.165, 1.54) is 6.07 Å². The highest BCUT2D eigenvalue weighted by molar-refractivity contribution is 6.08. The van der Waals surface area contributed by atoms with Gasteiger partial charge < -0.3 is 10.4 Å². The summed E-state index contributed by atoms with van der Waals surface area (Å²) in [5.41, 5.74) is 0.161. The van der Waals surface area contributed by atoms with Crippen LogP contribution >= 0.6 is 0 Å². The van der Waals surface area contributed by atoms with Crippen LogP contribution in [-0.2, 0) is 17.4 Å². The Kier molecular flexibility index (Phi) is 6.73. The maximum Gasteiger partial charge on any atom is 0.416 e. The van der Waals surface area contributed by atoms with Crippen molar-refractivity contribution in [2.45, 2.75) is 18.6 Å². The Balaban J connectivity index is 1.71. The Morgan fingerprint density at radius 1 is 0.812 bits per heavy atom. The van der Waals surface area contributed by atoms with Crippen LogP contribution in [0.25, 0.3) is 0 Å². The number of carbonyl (C=O) groups excluding carboxylic acids is 2. The predicted molar refractivity (Wildman–Crippen MR) is 110 cm³/mol. The highest BCUT2D eigenvalue weighted by atomic mass is 19.4. The summed E-state index contributed by atoms with van der Waals surface area (Å²) in [5.74, 6) is -2.46. The molecule has 3 aromatic rings. The molecule has 0 spiro atoms. The van der Waals surface area contributed by atoms with Gasteiger partial charge in [0.2, 0.25) is 0 Å². The molecule has 3 rings (SSSR count). The maximum absolute atomic E-state index is 12.9. The fourth-order valence-electron chi connectivity index (χ4n) is 3.06. The second kappa shape index (κ2) is 9.47. The zero-order chi connectivity index (χ0) is 23.3. The number of carboxylic acid groups (broad SMARTS) is 1. The summed E-state index contributed by atoms with van der Waals surface area (Å²) in [6, 6.07) is 17.3. The monoisotopic (exact) mass is 441 g/mol. The number of amides is 1. The van der Waals surface area contributed by atoms with E-state index >= 15 is 0 Å². The number of carboxylic acids is 1. The Morgan fingerprint density at radius 3 is 2.00 bits per heavy atom. The van der Waals surface area contributed by atoms with E-state index in [1.807, 2.05) is 0 Å². The van der Waals surface area contributed by atoms with E-state index in [1.54, 1.807) is 54.6 Å². The van der Waals surface area contributed by atoms with Crippen molar-refractivity contribution in [2.24, 2.45) is 0 Å². The first-order chi connectivity index (χ1) is 15.1. The van der Waals surface area contributed by atoms with Crippen molar-refractivity contribution >= 4 is 17.7 Å². The minimum atomic E-state index is -4.62. The summed E-state index contributed by atoms with van der Waals surface area (Å²) in [4.78, 5) is 36.4. The fraction of sp³-hybridized carbons (Fsp3) is 0.125. The van der Waals surface area contributed by atoms with Gasteiger partial charge in [0.1, 0.15) is 6.04 Å². The lowest BCUT2D eigenvalue weighted by molar-refractivity contribution is -0.139. The molecular formula is C24H18F3NO4. The molecule has 0 unspecified atom stereocenters. The average Bonchev–Trinajstić information content (AvgIpc) is 2.78. The summed E-state index contributed by atoms with van der Waals surface area (Å²) < 4.78 is 38.6. The van der Waals surface area contributed by atoms with Crippen molar-refractivity contribution in [1.82, 2.24) is 5.32 Å². The third-order valence-electron chi connectivity index (χ3n) is 4.75. The largest absolute Gasteiger partial charge is 0.480 e. The van der Waals surface area contributed by atoms with Crippen LogP contribution in [0.15, 0.2) is 78.9 Å². The lowest BCUT2D eigenvalue weighted by Crippen LogP contribution is -2.42. The molecule has 164 valence electrons. The fourth-order valence-corrected chi connectivity index (χ4v) is 3.06. The molecule has 32 heavy (non-hydrogen) atoms. The Morgan fingerprint density at radius 2 is 1.41 bits per heavy atom. The van der Waals surface area contributed by atoms with Gasteiger partial charge in [0.15, 0.2) is 5.78 Å². The Hall–Kier alpha value is -3.94. The summed E-state index contributed by atoms with van der Waals surface area (Å²) in [5, 5.41) is 11.7. The van der Waals surface area contributed by atoms with Crippen molar-refractivity contribution in [3.05, 3.63) is 107 Å². The van der Waals surface area contributed by atoms with Gasteiger partial charge >= 0.3 is 12.1 Å². The molecule has 0 heterocycles. The first-order valence-electron chi connectivity index (χ1n) is 9.55. The first kappa shape index (κ1) is 22.7. The lowest BCUT2D eigenvalue weighted by atomic mass is 9.99. The van der Waals surface area contributed by atoms with Gasteiger partial charge in [-0.05, 0) is 23.8 Å². The molecule has 1 atom stereocenters. The second-order valence-electron chi connectivity index (χ2n) is 7.04. The van der Waals surface area contributed by atoms with Crippen molar-refractivity contribution in [2.75, 3.05) is 0 Å². The number of alkyl halides is 3. The number of hydrogen-bond donors (Lipinski definition) is 2. The van der Waals surface area contributed by atoms with Gasteiger partial charge in [-0.2, -0.15) is 13.2 Å². The highest BCUT2D eigenvalue weighted by Gasteiger charge is 2.31. The van der Waals surface area contributed by atoms with Crippen LogP contribution < -0.4 is 5.32 Å². The molecule has 0 radical (unpaired) electrons. The molecule has 0 bridgehead atoms. The quantitative estimate of drug-likeness (QED) is 0.534. The molecule has 5 nitrogen and oxygen atoms in total. The van der Waals surface area contributed by atoms with E-state index in [-0.39, 0.29) is 17.8 Å². The SMILES string of the molecule is O=C(N[C@H](Cc1ccc(C(=O)c2ccccc2)cc1)C(=O)O)c1cccc(C(F)(F)F)c1. The van der Waals surface area contributed by atoms with Gasteiger partial charge in [0.25, 0.3) is 5.91 Å². The lowest BCUT2D eigenvalue weighted by Gasteiger charge is -2.16. The number of carbonyl (C=O) groups is 3. The van der Waals surface area contributed by atoms with Gasteiger partial charge in [-0.1, -0.05) is 60.7 Å². The number of hydrogen-bond acceptors (Lipinski definition) is 3. The van der Waals surface area contributed by atoms with E-state index < -0.39 is 29.7 Å². The molecular weight excluding hydrogens is 423 g/mol. The predicted octanol–water partition coefficient (Wildman–Crippen LogP) is 4.36. The molecule has 8 heteroatoms. The zero-order valence-corrected chi connectivity index (χ0v) is 16.6. The van der Waals surface area contributed by atoms with E-state index in [4.69, 9.17) is 0 Å². The molecule has 0 saturated heterocycles. The second-order valence-corrected chi connectivity index (χ2v) is 7.04. The summed E-state index contributed by atoms with van der Waals surface area (Å²) in [7, 11) is 0. The number of benzene rings is 3. The first-order valence-corrected chi connectivity index (χ1v) is 9.55. The van der Waals surface area contributed by atoms with Gasteiger partial charge in [0, 0.05) is 23.1 Å². The average molecular weight is 441 g/mol. The third kappa shape index (κ3) is 5.60. The van der Waals surface area contributed by atoms with Crippen LogP contribution in [0.1, 0.15) is 37.4 Å². The molecule has 1 amide bonds. The standard InChI is InChI=1S/C24H18F3NO4/c25-24(26,27)19-8-4-7-18(14-19)22(30)28-20(23(31)32)13-15-9-11-17(12-10-15)21(29)16-5-2-1-3-6-16/h1-12,14,20H,13H2,(H,28,30)(H,31,32)/t20-/m1/s1. The van der Waals surface area contributed by atoms with E-state index in [0.29, 0.717) is 22.8 Å². The molecule has 0 aliphatic carbocycles. The highest BCUT2D eigenvalue weighted by Crippen LogP contribution is 2.29. The molecule has 0 saturated carbocycles. The Bertz CT molecular complexity index is 1130. The van der Waals surface area contributed by atoms with Crippen LogP contribution in [0.5, 0.6) is 0 Å². The van der Waals surface area contributed by atoms with Crippen molar-refractivity contribution in [1.29, 1.82) is 0 Å². The van der Waals surface area contributed by atoms with E-state index in [9.17, 15) is 32.7 Å². The normalized spacial score (nSPS) is 12.1. The van der Waals surface area contributed by atoms with Crippen molar-refractivity contribution in [3.8, 4) is 0 Å². The van der Waals surface area contributed by atoms with Crippen LogP contribution in [-0.4, -0.2) is 28.8 Å². The molecule has 0 aliphatic heterocycles. The van der Waals surface area contributed by atoms with Crippen LogP contribution in [0.3, 0.4) is 0 Å². The molecule has 0 aromatic heterocycles. The number of nitrogens with one attached hydrogen (secondary N) is 1. The third-order valence-corrected chi connectivity index (χ3v) is 4.75. The summed E-state index contributed by atoms with van der Waals surface area (Å²) >= 11 is 0. The maximum atomic E-state index is 12.9. The van der Waals surface area contributed by atoms with Gasteiger partial charge in [-0.3, -0.25) is 9.59 Å². The molecule has 2 N–H and O–H groups in total. The van der Waals surface area contributed by atoms with Gasteiger partial charge in [-0.25, -0.2) is 4.79 Å². The summed E-state index contributed by atoms with van der Waals surface area (Å²) in [6.45, 7) is 0. The molecule has 0 fully saturated rings. The zero-order valence-electron chi connectivity index (χ0n) is 16.6. The van der Waals surface area contributed by atoms with Gasteiger partial charge in [0.05, 0.1) is 5.56 Å².